The van der Waals surface area contributed by atoms with Gasteiger partial charge in [-0.25, -0.2) is 4.98 Å². The smallest absolute Gasteiger partial charge is 0.280 e. The third kappa shape index (κ3) is 5.70. The zero-order chi connectivity index (χ0) is 29.7. The fourth-order valence-electron chi connectivity index (χ4n) is 5.95. The molecule has 0 spiro atoms. The summed E-state index contributed by atoms with van der Waals surface area (Å²) in [5.74, 6) is 0.935. The molecule has 0 aliphatic carbocycles. The molecule has 0 fully saturated rings. The van der Waals surface area contributed by atoms with Crippen LogP contribution in [0, 0.1) is 11.8 Å². The van der Waals surface area contributed by atoms with E-state index >= 15 is 0 Å². The molecule has 3 N–H and O–H groups in total. The number of carbonyl (C=O) groups is 1. The van der Waals surface area contributed by atoms with Crippen LogP contribution < -0.4 is 16.0 Å². The highest BCUT2D eigenvalue weighted by Crippen LogP contribution is 2.48. The molecule has 5 aromatic rings. The molecule has 1 atom stereocenters. The second-order valence-electron chi connectivity index (χ2n) is 11.1. The Balaban J connectivity index is 1.64. The molecule has 0 amide bonds. The number of nitrogens with one attached hydrogen (secondary N) is 1. The van der Waals surface area contributed by atoms with Crippen LogP contribution in [0.3, 0.4) is 0 Å². The third-order valence-electron chi connectivity index (χ3n) is 8.10. The summed E-state index contributed by atoms with van der Waals surface area (Å²) in [6, 6.07) is 29.0. The van der Waals surface area contributed by atoms with Crippen molar-refractivity contribution in [2.45, 2.75) is 45.1 Å². The molecule has 3 aromatic carbocycles. The average molecular weight is 564 g/mol. The van der Waals surface area contributed by atoms with Crippen molar-refractivity contribution < 1.29 is 9.53 Å². The number of Topliss-reactive ketones (excluding diaryl/α,β-unsaturated/α-hetero) is 1. The maximum atomic E-state index is 13.3. The van der Waals surface area contributed by atoms with Gasteiger partial charge in [0.25, 0.3) is 5.56 Å². The number of para-hydroxylation sites is 1. The van der Waals surface area contributed by atoms with E-state index in [0.717, 1.165) is 22.4 Å². The number of fused-ring (bicyclic) bond motifs is 1. The number of hydrogen-bond donors (Lipinski definition) is 2. The molecule has 8 heteroatoms. The Kier molecular flexibility index (Phi) is 8.52. The third-order valence-corrected chi connectivity index (χ3v) is 8.10. The maximum absolute atomic E-state index is 13.3. The lowest BCUT2D eigenvalue weighted by atomic mass is 9.63. The number of hydrogen-bond acceptors (Lipinski definition) is 6. The number of carbonyl (C=O) groups excluding carboxylic acids is 1. The van der Waals surface area contributed by atoms with E-state index in [-0.39, 0.29) is 34.6 Å². The molecule has 0 saturated heterocycles. The standard InChI is InChI=1S/C34H37N5O3/c1-23(2)28(40)20-24(18-19-39-22-36-30-31(39)37-33(35)38-32(30)41)21-34(25-12-6-4-7-13-25,26-14-8-5-9-15-26)27-16-10-11-17-29(27)42-3/h4-17,22-24H,18-21H2,1-3H3,(H3,35,37,38,41). The van der Waals surface area contributed by atoms with Gasteiger partial charge in [0.1, 0.15) is 11.5 Å². The van der Waals surface area contributed by atoms with Crippen LogP contribution >= 0.6 is 0 Å². The molecule has 2 aromatic heterocycles. The predicted molar refractivity (Wildman–Crippen MR) is 166 cm³/mol. The first-order valence-electron chi connectivity index (χ1n) is 14.3. The average Bonchev–Trinajstić information content (AvgIpc) is 3.42. The molecular formula is C34H37N5O3. The lowest BCUT2D eigenvalue weighted by Crippen LogP contribution is -2.34. The number of rotatable bonds is 12. The fraction of sp³-hybridized carbons (Fsp3) is 0.294. The molecule has 0 bridgehead atoms. The molecular weight excluding hydrogens is 526 g/mol. The number of nitrogens with zero attached hydrogens (tertiary/aromatic N) is 3. The van der Waals surface area contributed by atoms with Gasteiger partial charge in [0.15, 0.2) is 11.2 Å². The number of ether oxygens (including phenoxy) is 1. The summed E-state index contributed by atoms with van der Waals surface area (Å²) in [4.78, 5) is 36.8. The molecule has 216 valence electrons. The van der Waals surface area contributed by atoms with Crippen molar-refractivity contribution in [2.75, 3.05) is 12.8 Å². The largest absolute Gasteiger partial charge is 0.496 e. The molecule has 42 heavy (non-hydrogen) atoms. The van der Waals surface area contributed by atoms with Crippen LogP contribution in [0.5, 0.6) is 5.75 Å². The van der Waals surface area contributed by atoms with Crippen molar-refractivity contribution in [1.82, 2.24) is 19.5 Å². The van der Waals surface area contributed by atoms with Gasteiger partial charge >= 0.3 is 0 Å². The van der Waals surface area contributed by atoms with Gasteiger partial charge in [0.05, 0.1) is 13.4 Å². The molecule has 8 nitrogen and oxygen atoms in total. The summed E-state index contributed by atoms with van der Waals surface area (Å²) in [5, 5.41) is 0. The SMILES string of the molecule is COc1ccccc1C(CC(CCn1cnc2c(=O)[nH]c(N)nc21)CC(=O)C(C)C)(c1ccccc1)c1ccccc1. The molecule has 0 saturated carbocycles. The van der Waals surface area contributed by atoms with E-state index < -0.39 is 5.41 Å². The van der Waals surface area contributed by atoms with Gasteiger partial charge in [0.2, 0.25) is 5.95 Å². The van der Waals surface area contributed by atoms with Crippen LogP contribution in [0.4, 0.5) is 5.95 Å². The Labute approximate surface area is 245 Å². The molecule has 1 unspecified atom stereocenters. The Hall–Kier alpha value is -4.72. The van der Waals surface area contributed by atoms with Crippen molar-refractivity contribution in [3.8, 4) is 5.75 Å². The summed E-state index contributed by atoms with van der Waals surface area (Å²) in [6.07, 6.45) is 3.35. The first-order valence-corrected chi connectivity index (χ1v) is 14.3. The normalized spacial score (nSPS) is 12.5. The van der Waals surface area contributed by atoms with Crippen molar-refractivity contribution in [2.24, 2.45) is 11.8 Å². The van der Waals surface area contributed by atoms with E-state index in [1.165, 1.54) is 0 Å². The number of nitrogens with two attached hydrogens (primary N) is 1. The topological polar surface area (TPSA) is 116 Å². The minimum atomic E-state index is -0.603. The van der Waals surface area contributed by atoms with Crippen LogP contribution in [0.15, 0.2) is 96.1 Å². The summed E-state index contributed by atoms with van der Waals surface area (Å²) >= 11 is 0. The van der Waals surface area contributed by atoms with Crippen LogP contribution in [-0.4, -0.2) is 32.4 Å². The number of aromatic nitrogens is 4. The van der Waals surface area contributed by atoms with Crippen molar-refractivity contribution in [1.29, 1.82) is 0 Å². The summed E-state index contributed by atoms with van der Waals surface area (Å²) in [6.45, 7) is 4.42. The first kappa shape index (κ1) is 28.8. The van der Waals surface area contributed by atoms with Crippen LogP contribution in [0.2, 0.25) is 0 Å². The molecule has 0 aliphatic rings. The van der Waals surface area contributed by atoms with Crippen molar-refractivity contribution in [3.05, 3.63) is 118 Å². The predicted octanol–water partition coefficient (Wildman–Crippen LogP) is 5.76. The quantitative estimate of drug-likeness (QED) is 0.187. The number of aryl methyl sites for hydroxylation is 1. The van der Waals surface area contributed by atoms with Crippen LogP contribution in [-0.2, 0) is 16.8 Å². The second-order valence-corrected chi connectivity index (χ2v) is 11.1. The van der Waals surface area contributed by atoms with Gasteiger partial charge in [-0.2, -0.15) is 4.98 Å². The number of aromatic amines is 1. The second kappa shape index (κ2) is 12.4. The van der Waals surface area contributed by atoms with E-state index in [1.54, 1.807) is 13.4 Å². The van der Waals surface area contributed by atoms with Gasteiger partial charge in [-0.3, -0.25) is 14.6 Å². The number of imidazole rings is 1. The van der Waals surface area contributed by atoms with Gasteiger partial charge in [0, 0.05) is 29.9 Å². The Bertz CT molecular complexity index is 1670. The minimum absolute atomic E-state index is 0.0259. The van der Waals surface area contributed by atoms with Gasteiger partial charge in [-0.15, -0.1) is 0 Å². The highest BCUT2D eigenvalue weighted by Gasteiger charge is 2.41. The van der Waals surface area contributed by atoms with Crippen molar-refractivity contribution in [3.63, 3.8) is 0 Å². The molecule has 5 rings (SSSR count). The monoisotopic (exact) mass is 563 g/mol. The number of methoxy groups -OCH3 is 1. The van der Waals surface area contributed by atoms with E-state index in [0.29, 0.717) is 31.5 Å². The lowest BCUT2D eigenvalue weighted by Gasteiger charge is -2.39. The zero-order valence-electron chi connectivity index (χ0n) is 24.3. The Morgan fingerprint density at radius 3 is 2.21 bits per heavy atom. The Morgan fingerprint density at radius 2 is 1.60 bits per heavy atom. The number of benzene rings is 3. The van der Waals surface area contributed by atoms with E-state index in [9.17, 15) is 9.59 Å². The molecule has 0 aliphatic heterocycles. The molecule has 2 heterocycles. The summed E-state index contributed by atoms with van der Waals surface area (Å²) in [5.41, 5.74) is 8.84. The highest BCUT2D eigenvalue weighted by atomic mass is 16.5. The number of nitrogen functional groups attached to an aromatic ring is 1. The van der Waals surface area contributed by atoms with E-state index in [4.69, 9.17) is 10.5 Å². The maximum Gasteiger partial charge on any atom is 0.280 e. The highest BCUT2D eigenvalue weighted by molar-refractivity contribution is 5.80. The Morgan fingerprint density at radius 1 is 0.976 bits per heavy atom. The fourth-order valence-corrected chi connectivity index (χ4v) is 5.95. The lowest BCUT2D eigenvalue weighted by molar-refractivity contribution is -0.123. The van der Waals surface area contributed by atoms with Gasteiger partial charge in [-0.05, 0) is 36.0 Å². The van der Waals surface area contributed by atoms with Gasteiger partial charge in [-0.1, -0.05) is 92.7 Å². The first-order chi connectivity index (χ1) is 20.3. The number of ketones is 1. The minimum Gasteiger partial charge on any atom is -0.496 e. The van der Waals surface area contributed by atoms with E-state index in [1.807, 2.05) is 48.7 Å². The summed E-state index contributed by atoms with van der Waals surface area (Å²) in [7, 11) is 1.70. The molecule has 0 radical (unpaired) electrons. The van der Waals surface area contributed by atoms with Gasteiger partial charge < -0.3 is 15.0 Å². The van der Waals surface area contributed by atoms with Crippen molar-refractivity contribution >= 4 is 22.9 Å². The van der Waals surface area contributed by atoms with Crippen LogP contribution in [0.25, 0.3) is 11.2 Å². The summed E-state index contributed by atoms with van der Waals surface area (Å²) < 4.78 is 7.80. The zero-order valence-corrected chi connectivity index (χ0v) is 24.3. The van der Waals surface area contributed by atoms with E-state index in [2.05, 4.69) is 69.5 Å². The number of anilines is 1. The number of H-pyrrole nitrogens is 1. The van der Waals surface area contributed by atoms with Crippen LogP contribution in [0.1, 0.15) is 49.8 Å².